The van der Waals surface area contributed by atoms with Gasteiger partial charge in [-0.25, -0.2) is 0 Å². The molecule has 3 aromatic rings. The number of benzene rings is 1. The summed E-state index contributed by atoms with van der Waals surface area (Å²) in [5.41, 5.74) is 2.16. The Morgan fingerprint density at radius 2 is 1.79 bits per heavy atom. The zero-order valence-corrected chi connectivity index (χ0v) is 15.7. The van der Waals surface area contributed by atoms with E-state index in [9.17, 15) is 4.79 Å². The van der Waals surface area contributed by atoms with Gasteiger partial charge in [-0.2, -0.15) is 0 Å². The van der Waals surface area contributed by atoms with Crippen molar-refractivity contribution in [2.75, 3.05) is 28.6 Å². The molecule has 8 heteroatoms. The van der Waals surface area contributed by atoms with Crippen LogP contribution >= 0.6 is 0 Å². The van der Waals surface area contributed by atoms with Crippen molar-refractivity contribution in [2.24, 2.45) is 0 Å². The van der Waals surface area contributed by atoms with E-state index in [-0.39, 0.29) is 11.6 Å². The molecule has 0 unspecified atom stereocenters. The smallest absolute Gasteiger partial charge is 0.276 e. The second-order valence-corrected chi connectivity index (χ2v) is 6.80. The van der Waals surface area contributed by atoms with Crippen LogP contribution in [-0.2, 0) is 0 Å². The minimum absolute atomic E-state index is 0.238. The summed E-state index contributed by atoms with van der Waals surface area (Å²) in [6.07, 6.45) is 3.77. The Labute approximate surface area is 162 Å². The van der Waals surface area contributed by atoms with Crippen LogP contribution < -0.4 is 15.5 Å². The summed E-state index contributed by atoms with van der Waals surface area (Å²) in [5.74, 6) is 1.41. The maximum absolute atomic E-state index is 12.4. The molecule has 0 saturated carbocycles. The fourth-order valence-corrected chi connectivity index (χ4v) is 3.18. The van der Waals surface area contributed by atoms with Crippen molar-refractivity contribution in [1.29, 1.82) is 0 Å². The molecule has 0 spiro atoms. The van der Waals surface area contributed by atoms with Crippen molar-refractivity contribution in [3.63, 3.8) is 0 Å². The summed E-state index contributed by atoms with van der Waals surface area (Å²) < 4.78 is 4.98. The van der Waals surface area contributed by atoms with Gasteiger partial charge in [0.25, 0.3) is 5.91 Å². The molecule has 0 atom stereocenters. The van der Waals surface area contributed by atoms with Gasteiger partial charge in [-0.15, -0.1) is 10.2 Å². The standard InChI is InChI=1S/C20H22N6O2/c1-14-13-19(25-28-14)22-18-10-9-17(23-24-18)20(27)21-15-5-7-16(8-6-15)26-11-3-2-4-12-26/h5-10,13H,2-4,11-12H2,1H3,(H,21,27)(H,22,24,25). The molecule has 144 valence electrons. The highest BCUT2D eigenvalue weighted by atomic mass is 16.5. The minimum atomic E-state index is -0.304. The average Bonchev–Trinajstić information content (AvgIpc) is 3.14. The number of piperidine rings is 1. The summed E-state index contributed by atoms with van der Waals surface area (Å²) in [6, 6.07) is 12.9. The maximum Gasteiger partial charge on any atom is 0.276 e. The average molecular weight is 378 g/mol. The molecule has 1 aliphatic heterocycles. The van der Waals surface area contributed by atoms with Gasteiger partial charge in [-0.05, 0) is 62.6 Å². The van der Waals surface area contributed by atoms with E-state index in [1.807, 2.05) is 24.3 Å². The summed E-state index contributed by atoms with van der Waals surface area (Å²) in [4.78, 5) is 14.8. The molecule has 1 fully saturated rings. The highest BCUT2D eigenvalue weighted by molar-refractivity contribution is 6.02. The highest BCUT2D eigenvalue weighted by Crippen LogP contribution is 2.22. The van der Waals surface area contributed by atoms with E-state index < -0.39 is 0 Å². The lowest BCUT2D eigenvalue weighted by Gasteiger charge is -2.28. The SMILES string of the molecule is Cc1cc(Nc2ccc(C(=O)Nc3ccc(N4CCCCC4)cc3)nn2)no1. The third kappa shape index (κ3) is 4.28. The zero-order valence-electron chi connectivity index (χ0n) is 15.7. The zero-order chi connectivity index (χ0) is 19.3. The second kappa shape index (κ2) is 8.08. The lowest BCUT2D eigenvalue weighted by molar-refractivity contribution is 0.102. The van der Waals surface area contributed by atoms with Gasteiger partial charge in [-0.3, -0.25) is 4.79 Å². The molecule has 4 rings (SSSR count). The van der Waals surface area contributed by atoms with Crippen molar-refractivity contribution < 1.29 is 9.32 Å². The van der Waals surface area contributed by atoms with Gasteiger partial charge in [0, 0.05) is 30.5 Å². The highest BCUT2D eigenvalue weighted by Gasteiger charge is 2.12. The normalized spacial score (nSPS) is 14.0. The lowest BCUT2D eigenvalue weighted by atomic mass is 10.1. The number of carbonyl (C=O) groups excluding carboxylic acids is 1. The number of anilines is 4. The molecule has 2 aromatic heterocycles. The molecule has 1 amide bonds. The van der Waals surface area contributed by atoms with Crippen LogP contribution in [0.25, 0.3) is 0 Å². The molecule has 1 aromatic carbocycles. The number of aromatic nitrogens is 3. The largest absolute Gasteiger partial charge is 0.372 e. The Bertz CT molecular complexity index is 930. The van der Waals surface area contributed by atoms with Crippen molar-refractivity contribution >= 4 is 28.9 Å². The fraction of sp³-hybridized carbons (Fsp3) is 0.300. The predicted octanol–water partition coefficient (Wildman–Crippen LogP) is 3.76. The van der Waals surface area contributed by atoms with E-state index in [2.05, 4.69) is 30.9 Å². The Balaban J connectivity index is 1.36. The molecule has 3 heterocycles. The van der Waals surface area contributed by atoms with Crippen LogP contribution in [0.4, 0.5) is 23.0 Å². The molecule has 0 radical (unpaired) electrons. The van der Waals surface area contributed by atoms with Crippen molar-refractivity contribution in [1.82, 2.24) is 15.4 Å². The van der Waals surface area contributed by atoms with Crippen LogP contribution in [0.2, 0.25) is 0 Å². The fourth-order valence-electron chi connectivity index (χ4n) is 3.18. The van der Waals surface area contributed by atoms with Crippen LogP contribution in [0.15, 0.2) is 47.0 Å². The summed E-state index contributed by atoms with van der Waals surface area (Å²) in [6.45, 7) is 3.99. The van der Waals surface area contributed by atoms with Crippen molar-refractivity contribution in [2.45, 2.75) is 26.2 Å². The van der Waals surface area contributed by atoms with E-state index in [1.54, 1.807) is 25.1 Å². The molecule has 8 nitrogen and oxygen atoms in total. The first-order chi connectivity index (χ1) is 13.7. The van der Waals surface area contributed by atoms with Crippen LogP contribution in [0.1, 0.15) is 35.5 Å². The number of carbonyl (C=O) groups is 1. The number of nitrogens with zero attached hydrogens (tertiary/aromatic N) is 4. The monoisotopic (exact) mass is 378 g/mol. The number of aryl methyl sites for hydroxylation is 1. The van der Waals surface area contributed by atoms with Crippen LogP contribution in [0.3, 0.4) is 0 Å². The molecule has 0 bridgehead atoms. The Morgan fingerprint density at radius 3 is 2.43 bits per heavy atom. The molecule has 0 aliphatic carbocycles. The first kappa shape index (κ1) is 18.0. The minimum Gasteiger partial charge on any atom is -0.372 e. The summed E-state index contributed by atoms with van der Waals surface area (Å²) in [7, 11) is 0. The number of rotatable bonds is 5. The van der Waals surface area contributed by atoms with Crippen LogP contribution in [0.5, 0.6) is 0 Å². The van der Waals surface area contributed by atoms with Gasteiger partial charge >= 0.3 is 0 Å². The lowest BCUT2D eigenvalue weighted by Crippen LogP contribution is -2.29. The topological polar surface area (TPSA) is 96.2 Å². The van der Waals surface area contributed by atoms with E-state index >= 15 is 0 Å². The van der Waals surface area contributed by atoms with Crippen molar-refractivity contribution in [3.05, 3.63) is 53.9 Å². The molecule has 2 N–H and O–H groups in total. The van der Waals surface area contributed by atoms with Crippen LogP contribution in [0, 0.1) is 6.92 Å². The summed E-state index contributed by atoms with van der Waals surface area (Å²) >= 11 is 0. The number of amides is 1. The molecule has 28 heavy (non-hydrogen) atoms. The Kier molecular flexibility index (Phi) is 5.18. The summed E-state index contributed by atoms with van der Waals surface area (Å²) in [5, 5.41) is 17.6. The van der Waals surface area contributed by atoms with Crippen LogP contribution in [-0.4, -0.2) is 34.4 Å². The maximum atomic E-state index is 12.4. The number of hydrogen-bond acceptors (Lipinski definition) is 7. The van der Waals surface area contributed by atoms with Gasteiger partial charge in [0.2, 0.25) is 0 Å². The predicted molar refractivity (Wildman–Crippen MR) is 107 cm³/mol. The van der Waals surface area contributed by atoms with Gasteiger partial charge in [0.05, 0.1) is 0 Å². The quantitative estimate of drug-likeness (QED) is 0.698. The van der Waals surface area contributed by atoms with Crippen molar-refractivity contribution in [3.8, 4) is 0 Å². The van der Waals surface area contributed by atoms with E-state index in [0.717, 1.165) is 18.8 Å². The second-order valence-electron chi connectivity index (χ2n) is 6.80. The number of hydrogen-bond donors (Lipinski definition) is 2. The molecule has 1 aliphatic rings. The van der Waals surface area contributed by atoms with Gasteiger partial charge in [0.1, 0.15) is 5.76 Å². The van der Waals surface area contributed by atoms with E-state index in [4.69, 9.17) is 4.52 Å². The Morgan fingerprint density at radius 1 is 1.00 bits per heavy atom. The third-order valence-electron chi connectivity index (χ3n) is 4.63. The molecule has 1 saturated heterocycles. The van der Waals surface area contributed by atoms with Gasteiger partial charge in [0.15, 0.2) is 17.3 Å². The van der Waals surface area contributed by atoms with E-state index in [1.165, 1.54) is 24.9 Å². The third-order valence-corrected chi connectivity index (χ3v) is 4.63. The van der Waals surface area contributed by atoms with Gasteiger partial charge < -0.3 is 20.1 Å². The van der Waals surface area contributed by atoms with E-state index in [0.29, 0.717) is 17.4 Å². The Hall–Kier alpha value is -3.42. The first-order valence-electron chi connectivity index (χ1n) is 9.38. The molecular weight excluding hydrogens is 356 g/mol. The molecular formula is C20H22N6O2. The van der Waals surface area contributed by atoms with Gasteiger partial charge in [-0.1, -0.05) is 5.16 Å². The number of nitrogens with one attached hydrogen (secondary N) is 2. The first-order valence-corrected chi connectivity index (χ1v) is 9.38.